The standard InChI is InChI=1S/C14H19NO5/c1-5-15(9-16)14(2,13(17)18)11-7-6-10(19-3)8-12(11)20-4/h6-9H,5H2,1-4H3,(H,17,18). The molecular weight excluding hydrogens is 262 g/mol. The normalized spacial score (nSPS) is 13.2. The number of carboxylic acid groups (broad SMARTS) is 1. The van der Waals surface area contributed by atoms with Crippen molar-refractivity contribution in [2.24, 2.45) is 0 Å². The molecule has 0 saturated carbocycles. The molecule has 6 nitrogen and oxygen atoms in total. The van der Waals surface area contributed by atoms with Gasteiger partial charge in [0.15, 0.2) is 5.54 Å². The van der Waals surface area contributed by atoms with Crippen LogP contribution in [0.25, 0.3) is 0 Å². The minimum Gasteiger partial charge on any atom is -0.497 e. The van der Waals surface area contributed by atoms with Crippen molar-refractivity contribution in [1.29, 1.82) is 0 Å². The summed E-state index contributed by atoms with van der Waals surface area (Å²) in [6.07, 6.45) is 0.526. The Balaban J connectivity index is 3.49. The second kappa shape index (κ2) is 6.27. The fraction of sp³-hybridized carbons (Fsp3) is 0.429. The molecule has 0 heterocycles. The van der Waals surface area contributed by atoms with Gasteiger partial charge in [0.25, 0.3) is 0 Å². The van der Waals surface area contributed by atoms with Crippen molar-refractivity contribution in [3.63, 3.8) is 0 Å². The molecule has 0 fully saturated rings. The molecule has 1 aromatic carbocycles. The van der Waals surface area contributed by atoms with Crippen molar-refractivity contribution >= 4 is 12.4 Å². The average molecular weight is 281 g/mol. The average Bonchev–Trinajstić information content (AvgIpc) is 2.47. The predicted octanol–water partition coefficient (Wildman–Crippen LogP) is 1.48. The monoisotopic (exact) mass is 281 g/mol. The smallest absolute Gasteiger partial charge is 0.334 e. The minimum absolute atomic E-state index is 0.265. The summed E-state index contributed by atoms with van der Waals surface area (Å²) in [6.45, 7) is 3.45. The van der Waals surface area contributed by atoms with Gasteiger partial charge < -0.3 is 19.5 Å². The van der Waals surface area contributed by atoms with Gasteiger partial charge in [-0.25, -0.2) is 4.79 Å². The maximum Gasteiger partial charge on any atom is 0.334 e. The number of rotatable bonds is 7. The number of hydrogen-bond acceptors (Lipinski definition) is 4. The van der Waals surface area contributed by atoms with Gasteiger partial charge in [0.05, 0.1) is 14.2 Å². The molecule has 1 rings (SSSR count). The molecule has 0 aromatic heterocycles. The Morgan fingerprint density at radius 2 is 2.05 bits per heavy atom. The van der Waals surface area contributed by atoms with Crippen LogP contribution in [0.2, 0.25) is 0 Å². The fourth-order valence-electron chi connectivity index (χ4n) is 2.09. The molecule has 1 amide bonds. The van der Waals surface area contributed by atoms with Gasteiger partial charge in [0.1, 0.15) is 11.5 Å². The lowest BCUT2D eigenvalue weighted by molar-refractivity contribution is -0.154. The second-order valence-electron chi connectivity index (χ2n) is 4.34. The van der Waals surface area contributed by atoms with Gasteiger partial charge in [0.2, 0.25) is 6.41 Å². The number of hydrogen-bond donors (Lipinski definition) is 1. The molecule has 0 radical (unpaired) electrons. The molecular formula is C14H19NO5. The molecule has 6 heteroatoms. The van der Waals surface area contributed by atoms with Crippen LogP contribution in [-0.2, 0) is 15.1 Å². The van der Waals surface area contributed by atoms with Gasteiger partial charge in [-0.2, -0.15) is 0 Å². The van der Waals surface area contributed by atoms with Crippen molar-refractivity contribution in [2.75, 3.05) is 20.8 Å². The molecule has 0 spiro atoms. The first-order valence-electron chi connectivity index (χ1n) is 6.13. The molecule has 1 N–H and O–H groups in total. The Morgan fingerprint density at radius 3 is 2.45 bits per heavy atom. The van der Waals surface area contributed by atoms with E-state index >= 15 is 0 Å². The summed E-state index contributed by atoms with van der Waals surface area (Å²) in [4.78, 5) is 24.1. The highest BCUT2D eigenvalue weighted by molar-refractivity contribution is 5.84. The zero-order valence-corrected chi connectivity index (χ0v) is 12.0. The number of likely N-dealkylation sites (N-methyl/N-ethyl adjacent to an activating group) is 1. The molecule has 110 valence electrons. The zero-order valence-electron chi connectivity index (χ0n) is 12.0. The lowest BCUT2D eigenvalue weighted by atomic mass is 9.89. The number of nitrogens with zero attached hydrogens (tertiary/aromatic N) is 1. The van der Waals surface area contributed by atoms with E-state index in [9.17, 15) is 14.7 Å². The molecule has 0 aliphatic heterocycles. The first-order chi connectivity index (χ1) is 9.45. The van der Waals surface area contributed by atoms with Gasteiger partial charge >= 0.3 is 5.97 Å². The number of carboxylic acids is 1. The molecule has 1 aromatic rings. The van der Waals surface area contributed by atoms with Crippen LogP contribution in [0.3, 0.4) is 0 Å². The first-order valence-corrected chi connectivity index (χ1v) is 6.13. The van der Waals surface area contributed by atoms with Crippen LogP contribution in [0, 0.1) is 0 Å². The van der Waals surface area contributed by atoms with Crippen LogP contribution in [0.4, 0.5) is 0 Å². The van der Waals surface area contributed by atoms with Crippen molar-refractivity contribution in [2.45, 2.75) is 19.4 Å². The Bertz CT molecular complexity index is 502. The largest absolute Gasteiger partial charge is 0.497 e. The van der Waals surface area contributed by atoms with Crippen LogP contribution < -0.4 is 9.47 Å². The van der Waals surface area contributed by atoms with Crippen LogP contribution in [0.5, 0.6) is 11.5 Å². The summed E-state index contributed by atoms with van der Waals surface area (Å²) in [5.74, 6) is -0.225. The van der Waals surface area contributed by atoms with Crippen molar-refractivity contribution in [3.8, 4) is 11.5 Å². The van der Waals surface area contributed by atoms with Crippen molar-refractivity contribution in [1.82, 2.24) is 4.90 Å². The Morgan fingerprint density at radius 1 is 1.40 bits per heavy atom. The molecule has 1 unspecified atom stereocenters. The van der Waals surface area contributed by atoms with Gasteiger partial charge in [-0.15, -0.1) is 0 Å². The Hall–Kier alpha value is -2.24. The van der Waals surface area contributed by atoms with Gasteiger partial charge in [-0.1, -0.05) is 0 Å². The summed E-state index contributed by atoms with van der Waals surface area (Å²) < 4.78 is 10.3. The van der Waals surface area contributed by atoms with E-state index < -0.39 is 11.5 Å². The van der Waals surface area contributed by atoms with E-state index in [1.54, 1.807) is 25.1 Å². The number of carbonyl (C=O) groups excluding carboxylic acids is 1. The second-order valence-corrected chi connectivity index (χ2v) is 4.34. The number of methoxy groups -OCH3 is 2. The third kappa shape index (κ3) is 2.54. The third-order valence-corrected chi connectivity index (χ3v) is 3.39. The topological polar surface area (TPSA) is 76.1 Å². The highest BCUT2D eigenvalue weighted by atomic mass is 16.5. The summed E-state index contributed by atoms with van der Waals surface area (Å²) in [5, 5.41) is 9.58. The van der Waals surface area contributed by atoms with Crippen LogP contribution in [-0.4, -0.2) is 43.2 Å². The lowest BCUT2D eigenvalue weighted by Gasteiger charge is -2.35. The highest BCUT2D eigenvalue weighted by Gasteiger charge is 2.42. The fourth-order valence-corrected chi connectivity index (χ4v) is 2.09. The molecule has 0 saturated heterocycles. The van der Waals surface area contributed by atoms with Crippen molar-refractivity contribution in [3.05, 3.63) is 23.8 Å². The molecule has 0 bridgehead atoms. The van der Waals surface area contributed by atoms with E-state index in [1.807, 2.05) is 0 Å². The summed E-state index contributed by atoms with van der Waals surface area (Å²) >= 11 is 0. The van der Waals surface area contributed by atoms with E-state index in [4.69, 9.17) is 9.47 Å². The summed E-state index contributed by atoms with van der Waals surface area (Å²) in [7, 11) is 2.95. The van der Waals surface area contributed by atoms with Crippen LogP contribution in [0.15, 0.2) is 18.2 Å². The van der Waals surface area contributed by atoms with Gasteiger partial charge in [0, 0.05) is 18.2 Å². The van der Waals surface area contributed by atoms with E-state index in [1.165, 1.54) is 26.0 Å². The molecule has 0 aliphatic rings. The lowest BCUT2D eigenvalue weighted by Crippen LogP contribution is -2.49. The first kappa shape index (κ1) is 15.8. The quantitative estimate of drug-likeness (QED) is 0.766. The zero-order chi connectivity index (χ0) is 15.3. The maximum atomic E-state index is 11.7. The molecule has 1 atom stereocenters. The van der Waals surface area contributed by atoms with Crippen LogP contribution >= 0.6 is 0 Å². The predicted molar refractivity (Wildman–Crippen MR) is 73.0 cm³/mol. The van der Waals surface area contributed by atoms with E-state index in [0.29, 0.717) is 23.5 Å². The van der Waals surface area contributed by atoms with Crippen LogP contribution in [0.1, 0.15) is 19.4 Å². The maximum absolute atomic E-state index is 11.7. The summed E-state index contributed by atoms with van der Waals surface area (Å²) in [6, 6.07) is 4.82. The minimum atomic E-state index is -1.51. The summed E-state index contributed by atoms with van der Waals surface area (Å²) in [5.41, 5.74) is -1.11. The Labute approximate surface area is 117 Å². The van der Waals surface area contributed by atoms with E-state index in [0.717, 1.165) is 0 Å². The number of carbonyl (C=O) groups is 2. The van der Waals surface area contributed by atoms with E-state index in [2.05, 4.69) is 0 Å². The molecule has 0 aliphatic carbocycles. The van der Waals surface area contributed by atoms with E-state index in [-0.39, 0.29) is 6.54 Å². The third-order valence-electron chi connectivity index (χ3n) is 3.39. The number of amides is 1. The molecule has 20 heavy (non-hydrogen) atoms. The number of ether oxygens (including phenoxy) is 2. The number of aliphatic carboxylic acids is 1. The highest BCUT2D eigenvalue weighted by Crippen LogP contribution is 2.36. The van der Waals surface area contributed by atoms with Gasteiger partial charge in [-0.3, -0.25) is 4.79 Å². The Kier molecular flexibility index (Phi) is 4.96. The van der Waals surface area contributed by atoms with Gasteiger partial charge in [-0.05, 0) is 26.0 Å². The SMILES string of the molecule is CCN(C=O)C(C)(C(=O)O)c1ccc(OC)cc1OC. The van der Waals surface area contributed by atoms with Crippen molar-refractivity contribution < 1.29 is 24.2 Å². The number of benzene rings is 1.